The molecule has 0 saturated heterocycles. The molecule has 0 aliphatic rings. The summed E-state index contributed by atoms with van der Waals surface area (Å²) in [7, 11) is 0. The number of benzene rings is 1. The van der Waals surface area contributed by atoms with E-state index in [9.17, 15) is 0 Å². The minimum atomic E-state index is 0.151. The van der Waals surface area contributed by atoms with Crippen LogP contribution in [0.25, 0.3) is 5.69 Å². The Morgan fingerprint density at radius 2 is 2.25 bits per heavy atom. The molecule has 0 saturated carbocycles. The first-order valence-corrected chi connectivity index (χ1v) is 6.45. The lowest BCUT2D eigenvalue weighted by Crippen LogP contribution is -2.15. The molecule has 2 aromatic rings. The van der Waals surface area contributed by atoms with E-state index in [0.717, 1.165) is 16.8 Å². The average molecular weight is 273 g/mol. The van der Waals surface area contributed by atoms with Gasteiger partial charge in [-0.1, -0.05) is 0 Å². The van der Waals surface area contributed by atoms with Crippen LogP contribution in [0.4, 0.5) is 5.69 Å². The summed E-state index contributed by atoms with van der Waals surface area (Å²) in [6.07, 6.45) is 3.76. The zero-order chi connectivity index (χ0) is 14.5. The quantitative estimate of drug-likeness (QED) is 0.654. The van der Waals surface area contributed by atoms with Gasteiger partial charge in [-0.3, -0.25) is 0 Å². The molecule has 0 aliphatic carbocycles. The number of aliphatic imine (C=N–C) groups is 1. The van der Waals surface area contributed by atoms with Gasteiger partial charge in [0.1, 0.15) is 0 Å². The Morgan fingerprint density at radius 1 is 1.45 bits per heavy atom. The van der Waals surface area contributed by atoms with Crippen molar-refractivity contribution in [2.75, 3.05) is 6.61 Å². The fourth-order valence-corrected chi connectivity index (χ4v) is 1.88. The van der Waals surface area contributed by atoms with Gasteiger partial charge in [0.25, 0.3) is 6.02 Å². The van der Waals surface area contributed by atoms with Gasteiger partial charge in [-0.25, -0.2) is 4.68 Å². The summed E-state index contributed by atoms with van der Waals surface area (Å²) in [6.45, 7) is 4.74. The molecule has 1 heterocycles. The van der Waals surface area contributed by atoms with E-state index in [4.69, 9.17) is 16.2 Å². The third-order valence-electron chi connectivity index (χ3n) is 2.77. The lowest BCUT2D eigenvalue weighted by molar-refractivity contribution is 0.322. The third kappa shape index (κ3) is 3.16. The van der Waals surface area contributed by atoms with Gasteiger partial charge in [-0.2, -0.15) is 10.1 Å². The van der Waals surface area contributed by atoms with Crippen LogP contribution in [0.2, 0.25) is 0 Å². The van der Waals surface area contributed by atoms with Crippen molar-refractivity contribution in [1.82, 2.24) is 9.78 Å². The Labute approximate surface area is 118 Å². The molecule has 0 bridgehead atoms. The first-order chi connectivity index (χ1) is 9.63. The molecule has 1 aromatic carbocycles. The molecule has 106 valence electrons. The van der Waals surface area contributed by atoms with Crippen molar-refractivity contribution in [3.05, 3.63) is 41.7 Å². The first kappa shape index (κ1) is 14.1. The predicted molar refractivity (Wildman–Crippen MR) is 79.1 cm³/mol. The number of aryl methyl sites for hydroxylation is 1. The van der Waals surface area contributed by atoms with Crippen molar-refractivity contribution < 1.29 is 4.74 Å². The Morgan fingerprint density at radius 3 is 2.85 bits per heavy atom. The highest BCUT2D eigenvalue weighted by Crippen LogP contribution is 2.21. The summed E-state index contributed by atoms with van der Waals surface area (Å²) in [5.41, 5.74) is 15.1. The largest absolute Gasteiger partial charge is 0.465 e. The molecule has 0 unspecified atom stereocenters. The third-order valence-corrected chi connectivity index (χ3v) is 2.77. The van der Waals surface area contributed by atoms with E-state index in [1.807, 2.05) is 38.2 Å². The van der Waals surface area contributed by atoms with Gasteiger partial charge < -0.3 is 16.2 Å². The highest BCUT2D eigenvalue weighted by molar-refractivity contribution is 5.75. The van der Waals surface area contributed by atoms with E-state index in [1.54, 1.807) is 10.9 Å². The minimum Gasteiger partial charge on any atom is -0.465 e. The van der Waals surface area contributed by atoms with Crippen molar-refractivity contribution in [1.29, 1.82) is 0 Å². The Kier molecular flexibility index (Phi) is 4.37. The standard InChI is InChI=1S/C14H19N5O/c1-3-20-14(16)18-12-4-5-13(11(6-12)7-15)19-9-10(2)8-17-19/h4-6,8-9H,3,7,15H2,1-2H3,(H2,16,18). The van der Waals surface area contributed by atoms with Crippen LogP contribution in [0.1, 0.15) is 18.1 Å². The molecule has 0 amide bonds. The lowest BCUT2D eigenvalue weighted by atomic mass is 10.1. The topological polar surface area (TPSA) is 91.5 Å². The smallest absolute Gasteiger partial charge is 0.287 e. The minimum absolute atomic E-state index is 0.151. The molecule has 1 aromatic heterocycles. The van der Waals surface area contributed by atoms with E-state index in [1.165, 1.54) is 0 Å². The highest BCUT2D eigenvalue weighted by Gasteiger charge is 2.06. The summed E-state index contributed by atoms with van der Waals surface area (Å²) in [4.78, 5) is 4.18. The number of amidine groups is 1. The molecule has 6 nitrogen and oxygen atoms in total. The van der Waals surface area contributed by atoms with Crippen LogP contribution in [-0.2, 0) is 11.3 Å². The lowest BCUT2D eigenvalue weighted by Gasteiger charge is -2.09. The highest BCUT2D eigenvalue weighted by atomic mass is 16.5. The number of ether oxygens (including phenoxy) is 1. The first-order valence-electron chi connectivity index (χ1n) is 6.45. The average Bonchev–Trinajstić information content (AvgIpc) is 2.85. The van der Waals surface area contributed by atoms with Gasteiger partial charge in [0.2, 0.25) is 0 Å². The maximum atomic E-state index is 5.80. The summed E-state index contributed by atoms with van der Waals surface area (Å²) < 4.78 is 6.92. The summed E-state index contributed by atoms with van der Waals surface area (Å²) in [5, 5.41) is 4.29. The molecule has 6 heteroatoms. The summed E-state index contributed by atoms with van der Waals surface area (Å²) >= 11 is 0. The molecule has 0 fully saturated rings. The Hall–Kier alpha value is -2.34. The van der Waals surface area contributed by atoms with Crippen molar-refractivity contribution in [3.63, 3.8) is 0 Å². The maximum Gasteiger partial charge on any atom is 0.287 e. The van der Waals surface area contributed by atoms with Gasteiger partial charge in [-0.15, -0.1) is 0 Å². The van der Waals surface area contributed by atoms with Crippen LogP contribution in [0.5, 0.6) is 0 Å². The second-order valence-electron chi connectivity index (χ2n) is 4.36. The molecule has 0 spiro atoms. The van der Waals surface area contributed by atoms with Gasteiger partial charge >= 0.3 is 0 Å². The van der Waals surface area contributed by atoms with Crippen LogP contribution >= 0.6 is 0 Å². The zero-order valence-electron chi connectivity index (χ0n) is 11.7. The van der Waals surface area contributed by atoms with Crippen LogP contribution in [0.3, 0.4) is 0 Å². The van der Waals surface area contributed by atoms with E-state index >= 15 is 0 Å². The van der Waals surface area contributed by atoms with Crippen LogP contribution in [0, 0.1) is 6.92 Å². The molecule has 2 rings (SSSR count). The summed E-state index contributed by atoms with van der Waals surface area (Å²) in [5.74, 6) is 0. The van der Waals surface area contributed by atoms with Crippen LogP contribution in [-0.4, -0.2) is 22.4 Å². The number of hydrogen-bond donors (Lipinski definition) is 2. The van der Waals surface area contributed by atoms with E-state index in [-0.39, 0.29) is 6.02 Å². The van der Waals surface area contributed by atoms with E-state index in [2.05, 4.69) is 10.1 Å². The molecule has 0 radical (unpaired) electrons. The van der Waals surface area contributed by atoms with Gasteiger partial charge in [0.15, 0.2) is 0 Å². The Balaban J connectivity index is 2.35. The maximum absolute atomic E-state index is 5.80. The fourth-order valence-electron chi connectivity index (χ4n) is 1.88. The number of hydrogen-bond acceptors (Lipinski definition) is 4. The molecular weight excluding hydrogens is 254 g/mol. The molecule has 20 heavy (non-hydrogen) atoms. The second kappa shape index (κ2) is 6.21. The molecule has 4 N–H and O–H groups in total. The monoisotopic (exact) mass is 273 g/mol. The number of nitrogens with two attached hydrogens (primary N) is 2. The normalized spacial score (nSPS) is 11.7. The number of rotatable bonds is 4. The van der Waals surface area contributed by atoms with Crippen LogP contribution in [0.15, 0.2) is 35.6 Å². The molecular formula is C14H19N5O. The predicted octanol–water partition coefficient (Wildman–Crippen LogP) is 1.62. The van der Waals surface area contributed by atoms with Crippen molar-refractivity contribution in [3.8, 4) is 5.69 Å². The van der Waals surface area contributed by atoms with Gasteiger partial charge in [0.05, 0.1) is 24.2 Å². The van der Waals surface area contributed by atoms with Crippen LogP contribution < -0.4 is 11.5 Å². The van der Waals surface area contributed by atoms with Crippen molar-refractivity contribution in [2.24, 2.45) is 16.5 Å². The Bertz CT molecular complexity index is 618. The fraction of sp³-hybridized carbons (Fsp3) is 0.286. The van der Waals surface area contributed by atoms with E-state index < -0.39 is 0 Å². The number of nitrogens with zero attached hydrogens (tertiary/aromatic N) is 3. The number of aromatic nitrogens is 2. The summed E-state index contributed by atoms with van der Waals surface area (Å²) in [6, 6.07) is 5.82. The SMILES string of the molecule is CCOC(N)=Nc1ccc(-n2cc(C)cn2)c(CN)c1. The molecule has 0 atom stereocenters. The zero-order valence-corrected chi connectivity index (χ0v) is 11.7. The van der Waals surface area contributed by atoms with Gasteiger partial charge in [0, 0.05) is 12.7 Å². The van der Waals surface area contributed by atoms with E-state index in [0.29, 0.717) is 18.8 Å². The van der Waals surface area contributed by atoms with Gasteiger partial charge in [-0.05, 0) is 43.2 Å². The van der Waals surface area contributed by atoms with Crippen molar-refractivity contribution in [2.45, 2.75) is 20.4 Å². The van der Waals surface area contributed by atoms with Crippen molar-refractivity contribution >= 4 is 11.7 Å². The second-order valence-corrected chi connectivity index (χ2v) is 4.36. The molecule has 0 aliphatic heterocycles.